The highest BCUT2D eigenvalue weighted by Gasteiger charge is 2.30. The summed E-state index contributed by atoms with van der Waals surface area (Å²) in [4.78, 5) is 23.1. The fourth-order valence-electron chi connectivity index (χ4n) is 6.57. The number of rotatable bonds is 5. The van der Waals surface area contributed by atoms with Crippen molar-refractivity contribution >= 4 is 39.4 Å². The van der Waals surface area contributed by atoms with Crippen LogP contribution in [0.15, 0.2) is 55.1 Å². The van der Waals surface area contributed by atoms with Crippen LogP contribution in [0.4, 0.5) is 21.8 Å². The third kappa shape index (κ3) is 5.05. The fourth-order valence-corrected chi connectivity index (χ4v) is 6.57. The van der Waals surface area contributed by atoms with E-state index in [-0.39, 0.29) is 5.82 Å². The van der Waals surface area contributed by atoms with Crippen LogP contribution < -0.4 is 11.1 Å². The first-order chi connectivity index (χ1) is 20.4. The lowest BCUT2D eigenvalue weighted by molar-refractivity contribution is 0.0828. The quantitative estimate of drug-likeness (QED) is 0.286. The van der Waals surface area contributed by atoms with E-state index in [1.165, 1.54) is 32.0 Å². The van der Waals surface area contributed by atoms with Gasteiger partial charge in [0.2, 0.25) is 5.95 Å². The summed E-state index contributed by atoms with van der Waals surface area (Å²) in [6, 6.07) is 12.4. The van der Waals surface area contributed by atoms with Crippen molar-refractivity contribution in [1.82, 2.24) is 34.3 Å². The number of fused-ring (bicyclic) bond motifs is 2. The second-order valence-electron chi connectivity index (χ2n) is 11.8. The molecule has 42 heavy (non-hydrogen) atoms. The number of halogens is 1. The Morgan fingerprint density at radius 3 is 2.43 bits per heavy atom. The van der Waals surface area contributed by atoms with Crippen LogP contribution >= 0.6 is 0 Å². The standard InChI is InChI=1S/C32H36FN9/c1-20-15-28-22(16-27(20)33)17-35-32(39-28)38-23-5-3-21(4-6-23)26-18-42(31-29(26)30(34)36-19-37-31)25-9-7-24(8-10-25)41-13-11-40(2)12-14-41/h3-6,15-19,24-25H,7-14H2,1-2H3,(H2,34,36,37)(H,35,38,39)/t24-,25-. The van der Waals surface area contributed by atoms with Gasteiger partial charge in [-0.1, -0.05) is 12.1 Å². The van der Waals surface area contributed by atoms with E-state index < -0.39 is 0 Å². The average Bonchev–Trinajstić information content (AvgIpc) is 3.40. The second-order valence-corrected chi connectivity index (χ2v) is 11.8. The Morgan fingerprint density at radius 1 is 0.929 bits per heavy atom. The van der Waals surface area contributed by atoms with Gasteiger partial charge in [0.1, 0.15) is 23.6 Å². The SMILES string of the molecule is Cc1cc2nc(Nc3ccc(-c4cn([C@H]5CC[C@H](N6CCN(C)CC6)CC5)c5ncnc(N)c45)cc3)ncc2cc1F. The van der Waals surface area contributed by atoms with Gasteiger partial charge in [0, 0.05) is 67.3 Å². The molecule has 0 spiro atoms. The summed E-state index contributed by atoms with van der Waals surface area (Å²) in [6.07, 6.45) is 10.1. The molecule has 10 heteroatoms. The maximum absolute atomic E-state index is 13.9. The van der Waals surface area contributed by atoms with Gasteiger partial charge < -0.3 is 20.5 Å². The predicted octanol–water partition coefficient (Wildman–Crippen LogP) is 5.55. The molecular formula is C32H36FN9. The minimum Gasteiger partial charge on any atom is -0.383 e. The Morgan fingerprint density at radius 2 is 1.67 bits per heavy atom. The molecule has 4 heterocycles. The zero-order chi connectivity index (χ0) is 28.8. The Labute approximate surface area is 244 Å². The van der Waals surface area contributed by atoms with E-state index in [1.54, 1.807) is 25.5 Å². The smallest absolute Gasteiger partial charge is 0.227 e. The van der Waals surface area contributed by atoms with Crippen molar-refractivity contribution in [2.75, 3.05) is 44.3 Å². The van der Waals surface area contributed by atoms with Gasteiger partial charge in [-0.05, 0) is 75.0 Å². The van der Waals surface area contributed by atoms with Gasteiger partial charge >= 0.3 is 0 Å². The predicted molar refractivity (Wildman–Crippen MR) is 165 cm³/mol. The first-order valence-corrected chi connectivity index (χ1v) is 14.8. The molecule has 0 amide bonds. The van der Waals surface area contributed by atoms with Crippen LogP contribution in [0.2, 0.25) is 0 Å². The lowest BCUT2D eigenvalue weighted by atomic mass is 9.89. The molecule has 1 saturated carbocycles. The molecule has 0 atom stereocenters. The number of piperazine rings is 1. The lowest BCUT2D eigenvalue weighted by Crippen LogP contribution is -2.49. The number of nitrogens with one attached hydrogen (secondary N) is 1. The molecule has 9 nitrogen and oxygen atoms in total. The molecule has 0 bridgehead atoms. The number of aromatic nitrogens is 5. The number of hydrogen-bond acceptors (Lipinski definition) is 8. The Balaban J connectivity index is 1.12. The molecule has 216 valence electrons. The molecule has 2 aromatic carbocycles. The first kappa shape index (κ1) is 26.7. The van der Waals surface area contributed by atoms with Crippen LogP contribution in [-0.2, 0) is 0 Å². The molecular weight excluding hydrogens is 529 g/mol. The average molecular weight is 566 g/mol. The van der Waals surface area contributed by atoms with E-state index in [0.717, 1.165) is 53.8 Å². The van der Waals surface area contributed by atoms with E-state index in [1.807, 2.05) is 12.1 Å². The monoisotopic (exact) mass is 565 g/mol. The molecule has 7 rings (SSSR count). The van der Waals surface area contributed by atoms with Crippen molar-refractivity contribution in [2.45, 2.75) is 44.7 Å². The van der Waals surface area contributed by atoms with E-state index in [2.05, 4.69) is 60.0 Å². The third-order valence-corrected chi connectivity index (χ3v) is 9.06. The number of aryl methyl sites for hydroxylation is 1. The van der Waals surface area contributed by atoms with Gasteiger partial charge in [0.25, 0.3) is 0 Å². The lowest BCUT2D eigenvalue weighted by Gasteiger charge is -2.41. The third-order valence-electron chi connectivity index (χ3n) is 9.06. The Kier molecular flexibility index (Phi) is 6.95. The van der Waals surface area contributed by atoms with Crippen molar-refractivity contribution in [1.29, 1.82) is 0 Å². The van der Waals surface area contributed by atoms with E-state index >= 15 is 0 Å². The number of benzene rings is 2. The molecule has 1 aliphatic carbocycles. The van der Waals surface area contributed by atoms with Crippen molar-refractivity contribution in [3.63, 3.8) is 0 Å². The van der Waals surface area contributed by atoms with Crippen LogP contribution in [-0.4, -0.2) is 73.6 Å². The van der Waals surface area contributed by atoms with E-state index in [0.29, 0.717) is 40.3 Å². The van der Waals surface area contributed by atoms with Crippen molar-refractivity contribution in [3.8, 4) is 11.1 Å². The number of anilines is 3. The first-order valence-electron chi connectivity index (χ1n) is 14.8. The summed E-state index contributed by atoms with van der Waals surface area (Å²) in [5.41, 5.74) is 11.5. The van der Waals surface area contributed by atoms with E-state index in [9.17, 15) is 4.39 Å². The molecule has 2 aliphatic rings. The van der Waals surface area contributed by atoms with E-state index in [4.69, 9.17) is 10.7 Å². The van der Waals surface area contributed by atoms with Crippen LogP contribution in [0.3, 0.4) is 0 Å². The molecule has 3 aromatic heterocycles. The topological polar surface area (TPSA) is 101 Å². The highest BCUT2D eigenvalue weighted by Crippen LogP contribution is 2.39. The minimum absolute atomic E-state index is 0.256. The van der Waals surface area contributed by atoms with Crippen LogP contribution in [0.1, 0.15) is 37.3 Å². The Hall–Kier alpha value is -4.15. The minimum atomic E-state index is -0.256. The number of likely N-dealkylation sites (N-methyl/N-ethyl adjacent to an activating group) is 1. The highest BCUT2D eigenvalue weighted by molar-refractivity contribution is 6.00. The van der Waals surface area contributed by atoms with Gasteiger partial charge in [-0.3, -0.25) is 4.90 Å². The highest BCUT2D eigenvalue weighted by atomic mass is 19.1. The molecule has 2 fully saturated rings. The number of nitrogens with zero attached hydrogens (tertiary/aromatic N) is 7. The summed E-state index contributed by atoms with van der Waals surface area (Å²) in [6.45, 7) is 6.39. The second kappa shape index (κ2) is 10.9. The van der Waals surface area contributed by atoms with Crippen LogP contribution in [0.5, 0.6) is 0 Å². The number of hydrogen-bond donors (Lipinski definition) is 2. The summed E-state index contributed by atoms with van der Waals surface area (Å²) < 4.78 is 16.2. The zero-order valence-electron chi connectivity index (χ0n) is 24.1. The molecule has 1 saturated heterocycles. The summed E-state index contributed by atoms with van der Waals surface area (Å²) in [5, 5.41) is 4.84. The summed E-state index contributed by atoms with van der Waals surface area (Å²) >= 11 is 0. The van der Waals surface area contributed by atoms with Gasteiger partial charge in [-0.25, -0.2) is 24.3 Å². The molecule has 3 N–H and O–H groups in total. The Bertz CT molecular complexity index is 1730. The molecule has 5 aromatic rings. The normalized spacial score (nSPS) is 20.4. The number of nitrogen functional groups attached to an aromatic ring is 1. The fraction of sp³-hybridized carbons (Fsp3) is 0.375. The largest absolute Gasteiger partial charge is 0.383 e. The number of nitrogens with two attached hydrogens (primary N) is 1. The molecule has 0 unspecified atom stereocenters. The zero-order valence-corrected chi connectivity index (χ0v) is 24.1. The van der Waals surface area contributed by atoms with Gasteiger partial charge in [-0.15, -0.1) is 0 Å². The van der Waals surface area contributed by atoms with Gasteiger partial charge in [-0.2, -0.15) is 0 Å². The maximum Gasteiger partial charge on any atom is 0.227 e. The molecule has 1 aliphatic heterocycles. The van der Waals surface area contributed by atoms with Crippen molar-refractivity contribution in [2.24, 2.45) is 0 Å². The summed E-state index contributed by atoms with van der Waals surface area (Å²) in [5.74, 6) is 0.703. The van der Waals surface area contributed by atoms with Gasteiger partial charge in [0.15, 0.2) is 0 Å². The summed E-state index contributed by atoms with van der Waals surface area (Å²) in [7, 11) is 2.21. The van der Waals surface area contributed by atoms with Crippen LogP contribution in [0.25, 0.3) is 33.1 Å². The maximum atomic E-state index is 13.9. The van der Waals surface area contributed by atoms with Gasteiger partial charge in [0.05, 0.1) is 10.9 Å². The van der Waals surface area contributed by atoms with Crippen molar-refractivity contribution < 1.29 is 4.39 Å². The molecule has 0 radical (unpaired) electrons. The van der Waals surface area contributed by atoms with Crippen LogP contribution in [0, 0.1) is 12.7 Å². The van der Waals surface area contributed by atoms with Crippen molar-refractivity contribution in [3.05, 3.63) is 66.5 Å².